The van der Waals surface area contributed by atoms with E-state index in [1.165, 1.54) is 0 Å². The van der Waals surface area contributed by atoms with Gasteiger partial charge in [0.25, 0.3) is 0 Å². The van der Waals surface area contributed by atoms with Crippen LogP contribution in [0.25, 0.3) is 0 Å². The molecule has 1 aromatic carbocycles. The van der Waals surface area contributed by atoms with Crippen molar-refractivity contribution in [3.63, 3.8) is 0 Å². The standard InChI is InChI=1S/C14H20N2O2/c1-15(2)12-7-8-16(9-12)10-14(18)11-3-5-13(17)6-4-11/h3-6,12,17H,7-10H2,1-2H3. The van der Waals surface area contributed by atoms with Gasteiger partial charge in [0.05, 0.1) is 6.54 Å². The number of likely N-dealkylation sites (tertiary alicyclic amines) is 1. The molecule has 0 aliphatic carbocycles. The lowest BCUT2D eigenvalue weighted by atomic mass is 10.1. The summed E-state index contributed by atoms with van der Waals surface area (Å²) in [6.45, 7) is 2.40. The highest BCUT2D eigenvalue weighted by Crippen LogP contribution is 2.15. The summed E-state index contributed by atoms with van der Waals surface area (Å²) in [6, 6.07) is 7.02. The van der Waals surface area contributed by atoms with Crippen LogP contribution in [0.3, 0.4) is 0 Å². The summed E-state index contributed by atoms with van der Waals surface area (Å²) in [5.74, 6) is 0.315. The Kier molecular flexibility index (Phi) is 3.99. The first kappa shape index (κ1) is 13.1. The van der Waals surface area contributed by atoms with Crippen molar-refractivity contribution in [3.8, 4) is 5.75 Å². The van der Waals surface area contributed by atoms with Gasteiger partial charge in [-0.15, -0.1) is 0 Å². The molecule has 0 radical (unpaired) electrons. The molecule has 0 bridgehead atoms. The Morgan fingerprint density at radius 1 is 1.39 bits per heavy atom. The zero-order chi connectivity index (χ0) is 13.1. The zero-order valence-corrected chi connectivity index (χ0v) is 11.0. The minimum absolute atomic E-state index is 0.120. The average Bonchev–Trinajstić information content (AvgIpc) is 2.78. The number of likely N-dealkylation sites (N-methyl/N-ethyl adjacent to an activating group) is 1. The molecule has 1 saturated heterocycles. The van der Waals surface area contributed by atoms with Crippen LogP contribution in [-0.2, 0) is 0 Å². The molecule has 1 atom stereocenters. The van der Waals surface area contributed by atoms with Crippen molar-refractivity contribution >= 4 is 5.78 Å². The number of hydrogen-bond donors (Lipinski definition) is 1. The fraction of sp³-hybridized carbons (Fsp3) is 0.500. The normalized spacial score (nSPS) is 20.5. The van der Waals surface area contributed by atoms with Crippen LogP contribution in [-0.4, -0.2) is 60.5 Å². The van der Waals surface area contributed by atoms with E-state index < -0.39 is 0 Å². The molecule has 1 aliphatic heterocycles. The van der Waals surface area contributed by atoms with Crippen molar-refractivity contribution in [1.82, 2.24) is 9.80 Å². The SMILES string of the molecule is CN(C)C1CCN(CC(=O)c2ccc(O)cc2)C1. The highest BCUT2D eigenvalue weighted by Gasteiger charge is 2.25. The summed E-state index contributed by atoms with van der Waals surface area (Å²) in [6.07, 6.45) is 1.12. The Hall–Kier alpha value is -1.39. The van der Waals surface area contributed by atoms with Crippen LogP contribution in [0.15, 0.2) is 24.3 Å². The molecular weight excluding hydrogens is 228 g/mol. The third-order valence-electron chi connectivity index (χ3n) is 3.53. The minimum Gasteiger partial charge on any atom is -0.508 e. The number of ketones is 1. The quantitative estimate of drug-likeness (QED) is 0.813. The molecule has 1 fully saturated rings. The van der Waals surface area contributed by atoms with Gasteiger partial charge in [-0.2, -0.15) is 0 Å². The van der Waals surface area contributed by atoms with Crippen LogP contribution < -0.4 is 0 Å². The molecule has 1 unspecified atom stereocenters. The van der Waals surface area contributed by atoms with Gasteiger partial charge in [-0.25, -0.2) is 0 Å². The molecule has 18 heavy (non-hydrogen) atoms. The molecule has 2 rings (SSSR count). The number of carbonyl (C=O) groups is 1. The maximum atomic E-state index is 12.1. The molecule has 0 saturated carbocycles. The van der Waals surface area contributed by atoms with Gasteiger partial charge in [-0.05, 0) is 44.8 Å². The lowest BCUT2D eigenvalue weighted by Gasteiger charge is -2.19. The molecular formula is C14H20N2O2. The van der Waals surface area contributed by atoms with E-state index in [9.17, 15) is 9.90 Å². The Bertz CT molecular complexity index is 414. The van der Waals surface area contributed by atoms with Gasteiger partial charge in [-0.3, -0.25) is 9.69 Å². The molecule has 98 valence electrons. The summed E-state index contributed by atoms with van der Waals surface area (Å²) in [7, 11) is 4.16. The first-order chi connectivity index (χ1) is 8.56. The third-order valence-corrected chi connectivity index (χ3v) is 3.53. The predicted molar refractivity (Wildman–Crippen MR) is 71.0 cm³/mol. The monoisotopic (exact) mass is 248 g/mol. The van der Waals surface area contributed by atoms with E-state index in [0.717, 1.165) is 19.5 Å². The van der Waals surface area contributed by atoms with E-state index in [-0.39, 0.29) is 11.5 Å². The van der Waals surface area contributed by atoms with Gasteiger partial charge in [-0.1, -0.05) is 0 Å². The topological polar surface area (TPSA) is 43.8 Å². The number of Topliss-reactive ketones (excluding diaryl/α,β-unsaturated/α-hetero) is 1. The van der Waals surface area contributed by atoms with Gasteiger partial charge >= 0.3 is 0 Å². The van der Waals surface area contributed by atoms with E-state index in [1.807, 2.05) is 0 Å². The lowest BCUT2D eigenvalue weighted by Crippen LogP contribution is -2.33. The molecule has 4 nitrogen and oxygen atoms in total. The minimum atomic E-state index is 0.120. The Balaban J connectivity index is 1.91. The smallest absolute Gasteiger partial charge is 0.176 e. The number of phenolic OH excluding ortho intramolecular Hbond substituents is 1. The van der Waals surface area contributed by atoms with Crippen LogP contribution in [0.1, 0.15) is 16.8 Å². The number of aromatic hydroxyl groups is 1. The summed E-state index contributed by atoms with van der Waals surface area (Å²) in [4.78, 5) is 16.5. The van der Waals surface area contributed by atoms with Crippen molar-refractivity contribution in [3.05, 3.63) is 29.8 Å². The van der Waals surface area contributed by atoms with Gasteiger partial charge in [0.2, 0.25) is 0 Å². The van der Waals surface area contributed by atoms with Crippen LogP contribution in [0.5, 0.6) is 5.75 Å². The Morgan fingerprint density at radius 2 is 2.06 bits per heavy atom. The second kappa shape index (κ2) is 5.50. The third kappa shape index (κ3) is 3.09. The van der Waals surface area contributed by atoms with Crippen molar-refractivity contribution in [2.75, 3.05) is 33.7 Å². The maximum absolute atomic E-state index is 12.1. The molecule has 0 amide bonds. The van der Waals surface area contributed by atoms with E-state index in [0.29, 0.717) is 18.2 Å². The predicted octanol–water partition coefficient (Wildman–Crippen LogP) is 1.21. The number of hydrogen-bond acceptors (Lipinski definition) is 4. The fourth-order valence-electron chi connectivity index (χ4n) is 2.32. The highest BCUT2D eigenvalue weighted by molar-refractivity contribution is 5.97. The number of carbonyl (C=O) groups excluding carboxylic acids is 1. The molecule has 0 spiro atoms. The molecule has 1 N–H and O–H groups in total. The Morgan fingerprint density at radius 3 is 2.61 bits per heavy atom. The summed E-state index contributed by atoms with van der Waals surface area (Å²) < 4.78 is 0. The molecule has 1 heterocycles. The summed E-state index contributed by atoms with van der Waals surface area (Å²) in [5.41, 5.74) is 0.668. The van der Waals surface area contributed by atoms with E-state index in [4.69, 9.17) is 0 Å². The second-order valence-electron chi connectivity index (χ2n) is 5.11. The van der Waals surface area contributed by atoms with E-state index in [2.05, 4.69) is 23.9 Å². The number of phenols is 1. The Labute approximate surface area is 108 Å². The van der Waals surface area contributed by atoms with Crippen LogP contribution in [0.2, 0.25) is 0 Å². The molecule has 1 aliphatic rings. The van der Waals surface area contributed by atoms with Gasteiger partial charge in [0.1, 0.15) is 5.75 Å². The second-order valence-corrected chi connectivity index (χ2v) is 5.11. The van der Waals surface area contributed by atoms with Crippen LogP contribution in [0.4, 0.5) is 0 Å². The largest absolute Gasteiger partial charge is 0.508 e. The van der Waals surface area contributed by atoms with E-state index in [1.54, 1.807) is 24.3 Å². The highest BCUT2D eigenvalue weighted by atomic mass is 16.3. The van der Waals surface area contributed by atoms with Crippen molar-refractivity contribution < 1.29 is 9.90 Å². The van der Waals surface area contributed by atoms with Gasteiger partial charge < -0.3 is 10.0 Å². The zero-order valence-electron chi connectivity index (χ0n) is 11.0. The first-order valence-corrected chi connectivity index (χ1v) is 6.27. The van der Waals surface area contributed by atoms with E-state index >= 15 is 0 Å². The number of benzene rings is 1. The number of nitrogens with zero attached hydrogens (tertiary/aromatic N) is 2. The lowest BCUT2D eigenvalue weighted by molar-refractivity contribution is 0.0941. The van der Waals surface area contributed by atoms with Crippen molar-refractivity contribution in [1.29, 1.82) is 0 Å². The van der Waals surface area contributed by atoms with Gasteiger partial charge in [0.15, 0.2) is 5.78 Å². The van der Waals surface area contributed by atoms with Crippen molar-refractivity contribution in [2.45, 2.75) is 12.5 Å². The first-order valence-electron chi connectivity index (χ1n) is 6.27. The maximum Gasteiger partial charge on any atom is 0.176 e. The summed E-state index contributed by atoms with van der Waals surface area (Å²) in [5, 5.41) is 9.19. The van der Waals surface area contributed by atoms with Crippen LogP contribution >= 0.6 is 0 Å². The van der Waals surface area contributed by atoms with Gasteiger partial charge in [0, 0.05) is 24.7 Å². The van der Waals surface area contributed by atoms with Crippen LogP contribution in [0, 0.1) is 0 Å². The van der Waals surface area contributed by atoms with Crippen molar-refractivity contribution in [2.24, 2.45) is 0 Å². The average molecular weight is 248 g/mol. The molecule has 1 aromatic rings. The number of rotatable bonds is 4. The molecule has 0 aromatic heterocycles. The fourth-order valence-corrected chi connectivity index (χ4v) is 2.32. The molecule has 4 heteroatoms. The summed E-state index contributed by atoms with van der Waals surface area (Å²) >= 11 is 0.